The van der Waals surface area contributed by atoms with Gasteiger partial charge in [0.25, 0.3) is 0 Å². The molecule has 0 heterocycles. The largest absolute Gasteiger partial charge is 0.584 e. The monoisotopic (exact) mass is 394 g/mol. The molecule has 2 rings (SSSR count). The fraction of sp³-hybridized carbons (Fsp3) is 0.400. The smallest absolute Gasteiger partial charge is 0.491 e. The van der Waals surface area contributed by atoms with E-state index in [1.165, 1.54) is 0 Å². The molecular formula is C20H27O6P. The minimum atomic E-state index is -4.31. The highest BCUT2D eigenvalue weighted by molar-refractivity contribution is 7.48. The first-order valence-corrected chi connectivity index (χ1v) is 10.6. The zero-order chi connectivity index (χ0) is 19.9. The van der Waals surface area contributed by atoms with Gasteiger partial charge in [0.05, 0.1) is 12.2 Å². The van der Waals surface area contributed by atoms with Crippen molar-refractivity contribution in [1.29, 1.82) is 0 Å². The van der Waals surface area contributed by atoms with Crippen molar-refractivity contribution in [3.8, 4) is 23.0 Å². The molecule has 2 aromatic rings. The molecule has 0 bridgehead atoms. The van der Waals surface area contributed by atoms with Crippen molar-refractivity contribution in [3.63, 3.8) is 0 Å². The third kappa shape index (κ3) is 7.16. The van der Waals surface area contributed by atoms with E-state index in [4.69, 9.17) is 18.5 Å². The molecule has 0 radical (unpaired) electrons. The Labute approximate surface area is 160 Å². The van der Waals surface area contributed by atoms with E-state index in [9.17, 15) is 9.46 Å². The molecule has 6 nitrogen and oxygen atoms in total. The van der Waals surface area contributed by atoms with Gasteiger partial charge in [-0.25, -0.2) is 4.57 Å². The molecule has 0 amide bonds. The zero-order valence-corrected chi connectivity index (χ0v) is 17.0. The van der Waals surface area contributed by atoms with Gasteiger partial charge in [-0.2, -0.15) is 0 Å². The Kier molecular flexibility index (Phi) is 7.57. The maximum atomic E-state index is 12.2. The fourth-order valence-electron chi connectivity index (χ4n) is 2.07. The van der Waals surface area contributed by atoms with E-state index in [2.05, 4.69) is 0 Å². The van der Waals surface area contributed by atoms with Gasteiger partial charge in [0.2, 0.25) is 0 Å². The topological polar surface area (TPSA) is 74.2 Å². The highest BCUT2D eigenvalue weighted by Crippen LogP contribution is 2.44. The second-order valence-corrected chi connectivity index (χ2v) is 7.57. The van der Waals surface area contributed by atoms with Gasteiger partial charge in [0, 0.05) is 0 Å². The lowest BCUT2D eigenvalue weighted by molar-refractivity contribution is 0.217. The first kappa shape index (κ1) is 21.1. The molecule has 2 unspecified atom stereocenters. The lowest BCUT2D eigenvalue weighted by atomic mass is 10.3. The summed E-state index contributed by atoms with van der Waals surface area (Å²) in [6, 6.07) is 13.0. The molecule has 0 fully saturated rings. The molecule has 0 aliphatic heterocycles. The summed E-state index contributed by atoms with van der Waals surface area (Å²) in [6.07, 6.45) is 1.96. The average molecular weight is 394 g/mol. The number of hydrogen-bond donors (Lipinski definition) is 1. The number of benzene rings is 2. The summed E-state index contributed by atoms with van der Waals surface area (Å²) in [4.78, 5) is 9.98. The molecule has 0 saturated heterocycles. The molecule has 1 N–H and O–H groups in total. The van der Waals surface area contributed by atoms with E-state index in [1.807, 2.05) is 27.7 Å². The van der Waals surface area contributed by atoms with E-state index in [0.717, 1.165) is 12.8 Å². The molecule has 0 aromatic heterocycles. The van der Waals surface area contributed by atoms with Crippen LogP contribution in [0.4, 0.5) is 0 Å². The van der Waals surface area contributed by atoms with Crippen LogP contribution in [0, 0.1) is 0 Å². The molecule has 27 heavy (non-hydrogen) atoms. The van der Waals surface area contributed by atoms with Crippen LogP contribution in [0.3, 0.4) is 0 Å². The Morgan fingerprint density at radius 3 is 1.33 bits per heavy atom. The Morgan fingerprint density at radius 1 is 0.741 bits per heavy atom. The summed E-state index contributed by atoms with van der Waals surface area (Å²) < 4.78 is 33.8. The fourth-order valence-corrected chi connectivity index (χ4v) is 2.89. The maximum Gasteiger partial charge on any atom is 0.584 e. The van der Waals surface area contributed by atoms with E-state index >= 15 is 0 Å². The summed E-state index contributed by atoms with van der Waals surface area (Å²) in [5.41, 5.74) is 0. The van der Waals surface area contributed by atoms with E-state index in [-0.39, 0.29) is 23.7 Å². The van der Waals surface area contributed by atoms with Crippen LogP contribution < -0.4 is 18.5 Å². The van der Waals surface area contributed by atoms with E-state index < -0.39 is 7.82 Å². The van der Waals surface area contributed by atoms with Gasteiger partial charge >= 0.3 is 7.82 Å². The molecule has 0 aliphatic carbocycles. The second kappa shape index (κ2) is 9.67. The standard InChI is InChI=1S/C20H27O6P/c1-5-15(3)23-17-7-11-19(12-8-17)25-27(21,22)26-20-13-9-18(10-14-20)24-16(4)6-2/h7-16H,5-6H2,1-4H3,(H,21,22). The number of hydrogen-bond acceptors (Lipinski definition) is 5. The molecular weight excluding hydrogens is 367 g/mol. The lowest BCUT2D eigenvalue weighted by Gasteiger charge is -2.16. The van der Waals surface area contributed by atoms with Crippen molar-refractivity contribution in [2.75, 3.05) is 0 Å². The number of phosphoric acid groups is 1. The number of phosphoric ester groups is 1. The van der Waals surface area contributed by atoms with Crippen molar-refractivity contribution in [3.05, 3.63) is 48.5 Å². The van der Waals surface area contributed by atoms with Crippen molar-refractivity contribution < 1.29 is 28.0 Å². The Morgan fingerprint density at radius 2 is 1.04 bits per heavy atom. The highest BCUT2D eigenvalue weighted by Gasteiger charge is 2.25. The van der Waals surface area contributed by atoms with Crippen LogP contribution in [-0.4, -0.2) is 17.1 Å². The van der Waals surface area contributed by atoms with Crippen molar-refractivity contribution in [2.45, 2.75) is 52.7 Å². The quantitative estimate of drug-likeness (QED) is 0.529. The first-order chi connectivity index (χ1) is 12.8. The number of rotatable bonds is 10. The molecule has 2 atom stereocenters. The summed E-state index contributed by atoms with van der Waals surface area (Å²) in [5, 5.41) is 0. The van der Waals surface area contributed by atoms with Crippen LogP contribution in [0.1, 0.15) is 40.5 Å². The minimum Gasteiger partial charge on any atom is -0.491 e. The second-order valence-electron chi connectivity index (χ2n) is 6.27. The predicted octanol–water partition coefficient (Wildman–Crippen LogP) is 5.60. The SMILES string of the molecule is CCC(C)Oc1ccc(OP(=O)(O)Oc2ccc(OC(C)CC)cc2)cc1. The zero-order valence-electron chi connectivity index (χ0n) is 16.1. The minimum absolute atomic E-state index is 0.0938. The van der Waals surface area contributed by atoms with Gasteiger partial charge in [0.1, 0.15) is 23.0 Å². The number of ether oxygens (including phenoxy) is 2. The average Bonchev–Trinajstić information content (AvgIpc) is 2.64. The third-order valence-corrected chi connectivity index (χ3v) is 4.80. The van der Waals surface area contributed by atoms with E-state index in [0.29, 0.717) is 11.5 Å². The van der Waals surface area contributed by atoms with Crippen LogP contribution in [0.2, 0.25) is 0 Å². The predicted molar refractivity (Wildman–Crippen MR) is 105 cm³/mol. The molecule has 2 aromatic carbocycles. The summed E-state index contributed by atoms with van der Waals surface area (Å²) >= 11 is 0. The van der Waals surface area contributed by atoms with Crippen molar-refractivity contribution in [1.82, 2.24) is 0 Å². The van der Waals surface area contributed by atoms with Crippen LogP contribution >= 0.6 is 7.82 Å². The van der Waals surface area contributed by atoms with Crippen LogP contribution in [0.5, 0.6) is 23.0 Å². The van der Waals surface area contributed by atoms with Crippen molar-refractivity contribution >= 4 is 7.82 Å². The summed E-state index contributed by atoms with van der Waals surface area (Å²) in [5.74, 6) is 1.77. The lowest BCUT2D eigenvalue weighted by Crippen LogP contribution is -2.09. The van der Waals surface area contributed by atoms with Crippen molar-refractivity contribution in [2.24, 2.45) is 0 Å². The summed E-state index contributed by atoms with van der Waals surface area (Å²) in [7, 11) is -4.31. The Balaban J connectivity index is 1.95. The van der Waals surface area contributed by atoms with Gasteiger partial charge < -0.3 is 18.5 Å². The highest BCUT2D eigenvalue weighted by atomic mass is 31.2. The van der Waals surface area contributed by atoms with Gasteiger partial charge in [-0.3, -0.25) is 4.89 Å². The van der Waals surface area contributed by atoms with Gasteiger partial charge in [-0.05, 0) is 75.2 Å². The first-order valence-electron chi connectivity index (χ1n) is 9.06. The van der Waals surface area contributed by atoms with Gasteiger partial charge in [0.15, 0.2) is 0 Å². The molecule has 148 valence electrons. The molecule has 0 spiro atoms. The van der Waals surface area contributed by atoms with Crippen LogP contribution in [0.15, 0.2) is 48.5 Å². The van der Waals surface area contributed by atoms with Gasteiger partial charge in [-0.15, -0.1) is 0 Å². The van der Waals surface area contributed by atoms with E-state index in [1.54, 1.807) is 48.5 Å². The normalized spacial score (nSPS) is 15.3. The van der Waals surface area contributed by atoms with Crippen LogP contribution in [0.25, 0.3) is 0 Å². The third-order valence-electron chi connectivity index (χ3n) is 3.91. The summed E-state index contributed by atoms with van der Waals surface area (Å²) in [6.45, 7) is 8.01. The van der Waals surface area contributed by atoms with Gasteiger partial charge in [-0.1, -0.05) is 13.8 Å². The molecule has 0 aliphatic rings. The van der Waals surface area contributed by atoms with Crippen LogP contribution in [-0.2, 0) is 4.57 Å². The molecule has 7 heteroatoms. The maximum absolute atomic E-state index is 12.2. The molecule has 0 saturated carbocycles. The Bertz CT molecular complexity index is 683. The Hall–Kier alpha value is -2.17.